The summed E-state index contributed by atoms with van der Waals surface area (Å²) < 4.78 is 47.4. The minimum absolute atomic E-state index is 0.00779. The quantitative estimate of drug-likeness (QED) is 0.276. The van der Waals surface area contributed by atoms with Crippen LogP contribution in [0.3, 0.4) is 0 Å². The first-order valence-corrected chi connectivity index (χ1v) is 12.7. The fraction of sp³-hybridized carbons (Fsp3) is 0.409. The van der Waals surface area contributed by atoms with E-state index in [9.17, 15) is 13.2 Å². The molecule has 7 nitrogen and oxygen atoms in total. The van der Waals surface area contributed by atoms with Crippen LogP contribution in [0.2, 0.25) is 10.0 Å². The molecular formula is C22H25Cl3O7S. The van der Waals surface area contributed by atoms with Gasteiger partial charge in [0.1, 0.15) is 24.2 Å². The largest absolute Gasteiger partial charge is 0.492 e. The molecule has 0 heterocycles. The van der Waals surface area contributed by atoms with Crippen LogP contribution in [-0.4, -0.2) is 53.3 Å². The van der Waals surface area contributed by atoms with Crippen molar-refractivity contribution in [1.82, 2.24) is 0 Å². The van der Waals surface area contributed by atoms with Gasteiger partial charge in [0, 0.05) is 20.0 Å². The number of sulfone groups is 1. The summed E-state index contributed by atoms with van der Waals surface area (Å²) >= 11 is 18.2. The minimum Gasteiger partial charge on any atom is -0.492 e. The molecule has 0 N–H and O–H groups in total. The van der Waals surface area contributed by atoms with Crippen LogP contribution in [-0.2, 0) is 24.1 Å². The Kier molecular flexibility index (Phi) is 10.6. The van der Waals surface area contributed by atoms with E-state index in [1.807, 2.05) is 6.92 Å². The van der Waals surface area contributed by atoms with Gasteiger partial charge in [0.25, 0.3) is 0 Å². The number of esters is 1. The van der Waals surface area contributed by atoms with E-state index in [0.717, 1.165) is 0 Å². The lowest BCUT2D eigenvalue weighted by molar-refractivity contribution is -0.146. The minimum atomic E-state index is -3.90. The van der Waals surface area contributed by atoms with E-state index in [1.165, 1.54) is 43.3 Å². The number of benzene rings is 2. The van der Waals surface area contributed by atoms with Crippen LogP contribution in [0, 0.1) is 5.92 Å². The number of carbonyl (C=O) groups is 1. The molecule has 0 bridgehead atoms. The van der Waals surface area contributed by atoms with Crippen LogP contribution in [0.1, 0.15) is 13.8 Å². The Hall–Kier alpha value is -1.71. The summed E-state index contributed by atoms with van der Waals surface area (Å²) in [5, 5.41) is 0.245. The van der Waals surface area contributed by atoms with Crippen LogP contribution in [0.4, 0.5) is 0 Å². The molecule has 0 aromatic heterocycles. The van der Waals surface area contributed by atoms with E-state index in [1.54, 1.807) is 7.11 Å². The first-order chi connectivity index (χ1) is 15.6. The predicted molar refractivity (Wildman–Crippen MR) is 127 cm³/mol. The maximum atomic E-state index is 13.1. The highest BCUT2D eigenvalue weighted by molar-refractivity contribution is 7.91. The number of halogens is 3. The second kappa shape index (κ2) is 12.7. The summed E-state index contributed by atoms with van der Waals surface area (Å²) in [6, 6.07) is 8.32. The molecule has 0 unspecified atom stereocenters. The lowest BCUT2D eigenvalue weighted by atomic mass is 10.2. The zero-order chi connectivity index (χ0) is 24.6. The second-order valence-electron chi connectivity index (χ2n) is 7.26. The molecule has 182 valence electrons. The molecule has 2 atom stereocenters. The number of carbonyl (C=O) groups excluding carboxylic acids is 1. The molecule has 0 aliphatic carbocycles. The lowest BCUT2D eigenvalue weighted by Crippen LogP contribution is -2.25. The van der Waals surface area contributed by atoms with Crippen molar-refractivity contribution in [3.8, 4) is 11.5 Å². The summed E-state index contributed by atoms with van der Waals surface area (Å²) in [4.78, 5) is 11.0. The van der Waals surface area contributed by atoms with Gasteiger partial charge in [-0.2, -0.15) is 0 Å². The van der Waals surface area contributed by atoms with Crippen LogP contribution in [0.15, 0.2) is 46.2 Å². The van der Waals surface area contributed by atoms with Crippen molar-refractivity contribution in [1.29, 1.82) is 0 Å². The summed E-state index contributed by atoms with van der Waals surface area (Å²) in [6.45, 7) is 4.09. The molecule has 0 aliphatic rings. The molecule has 0 spiro atoms. The molecule has 0 radical (unpaired) electrons. The molecule has 33 heavy (non-hydrogen) atoms. The van der Waals surface area contributed by atoms with Gasteiger partial charge >= 0.3 is 5.97 Å². The number of hydrogen-bond donors (Lipinski definition) is 0. The normalized spacial score (nSPS) is 13.3. The third-order valence-corrected chi connectivity index (χ3v) is 7.02. The number of methoxy groups -OCH3 is 1. The van der Waals surface area contributed by atoms with Gasteiger partial charge in [0.2, 0.25) is 9.84 Å². The monoisotopic (exact) mass is 538 g/mol. The molecule has 2 aromatic rings. The van der Waals surface area contributed by atoms with E-state index in [0.29, 0.717) is 19.0 Å². The zero-order valence-electron chi connectivity index (χ0n) is 18.3. The van der Waals surface area contributed by atoms with E-state index < -0.39 is 21.9 Å². The zero-order valence-corrected chi connectivity index (χ0v) is 21.4. The molecule has 2 aromatic carbocycles. The second-order valence-corrected chi connectivity index (χ2v) is 10.3. The summed E-state index contributed by atoms with van der Waals surface area (Å²) in [7, 11) is -2.29. The summed E-state index contributed by atoms with van der Waals surface area (Å²) in [5.41, 5.74) is 0. The SMILES string of the molecule is COC[C@@H](C)COc1ccc(S(=O)(=O)c2ccc(OC[C@H](CCl)OC(C)=O)c(Cl)c2)cc1Cl. The third-order valence-electron chi connectivity index (χ3n) is 4.33. The fourth-order valence-electron chi connectivity index (χ4n) is 2.76. The molecule has 0 amide bonds. The first kappa shape index (κ1) is 27.5. The molecule has 0 saturated heterocycles. The Labute approximate surface area is 208 Å². The van der Waals surface area contributed by atoms with Gasteiger partial charge in [-0.3, -0.25) is 4.79 Å². The average Bonchev–Trinajstić information content (AvgIpc) is 2.76. The summed E-state index contributed by atoms with van der Waals surface area (Å²) in [6.07, 6.45) is -0.663. The Morgan fingerprint density at radius 1 is 0.939 bits per heavy atom. The number of alkyl halides is 1. The maximum Gasteiger partial charge on any atom is 0.303 e. The van der Waals surface area contributed by atoms with Gasteiger partial charge in [-0.05, 0) is 36.4 Å². The molecule has 0 fully saturated rings. The van der Waals surface area contributed by atoms with Gasteiger partial charge in [0.05, 0.1) is 38.9 Å². The lowest BCUT2D eigenvalue weighted by Gasteiger charge is -2.16. The van der Waals surface area contributed by atoms with E-state index >= 15 is 0 Å². The highest BCUT2D eigenvalue weighted by atomic mass is 35.5. The number of rotatable bonds is 12. The van der Waals surface area contributed by atoms with Gasteiger partial charge in [-0.25, -0.2) is 8.42 Å². The molecule has 0 saturated carbocycles. The van der Waals surface area contributed by atoms with Crippen molar-refractivity contribution in [3.63, 3.8) is 0 Å². The van der Waals surface area contributed by atoms with Crippen molar-refractivity contribution >= 4 is 50.6 Å². The van der Waals surface area contributed by atoms with E-state index in [4.69, 9.17) is 53.8 Å². The Balaban J connectivity index is 2.15. The van der Waals surface area contributed by atoms with Crippen LogP contribution >= 0.6 is 34.8 Å². The van der Waals surface area contributed by atoms with Gasteiger partial charge in [-0.1, -0.05) is 30.1 Å². The highest BCUT2D eigenvalue weighted by Gasteiger charge is 2.21. The van der Waals surface area contributed by atoms with Crippen LogP contribution in [0.25, 0.3) is 0 Å². The van der Waals surface area contributed by atoms with E-state index in [2.05, 4.69) is 0 Å². The van der Waals surface area contributed by atoms with Gasteiger partial charge < -0.3 is 18.9 Å². The van der Waals surface area contributed by atoms with Crippen molar-refractivity contribution in [3.05, 3.63) is 46.4 Å². The van der Waals surface area contributed by atoms with Crippen molar-refractivity contribution in [2.45, 2.75) is 29.7 Å². The first-order valence-electron chi connectivity index (χ1n) is 9.90. The summed E-state index contributed by atoms with van der Waals surface area (Å²) in [5.74, 6) is 0.296. The van der Waals surface area contributed by atoms with E-state index in [-0.39, 0.29) is 44.0 Å². The molecule has 0 aliphatic heterocycles. The van der Waals surface area contributed by atoms with Crippen molar-refractivity contribution < 1.29 is 32.2 Å². The molecular weight excluding hydrogens is 515 g/mol. The van der Waals surface area contributed by atoms with Gasteiger partial charge in [0.15, 0.2) is 0 Å². The smallest absolute Gasteiger partial charge is 0.303 e. The fourth-order valence-corrected chi connectivity index (χ4v) is 4.82. The van der Waals surface area contributed by atoms with Crippen LogP contribution in [0.5, 0.6) is 11.5 Å². The van der Waals surface area contributed by atoms with Crippen molar-refractivity contribution in [2.75, 3.05) is 32.8 Å². The Morgan fingerprint density at radius 2 is 1.45 bits per heavy atom. The van der Waals surface area contributed by atoms with Gasteiger partial charge in [-0.15, -0.1) is 11.6 Å². The predicted octanol–water partition coefficient (Wildman–Crippen LogP) is 5.04. The topological polar surface area (TPSA) is 88.1 Å². The number of ether oxygens (including phenoxy) is 4. The standard InChI is InChI=1S/C22H25Cl3O7S/c1-14(11-29-3)12-30-21-6-4-17(8-19(21)24)33(27,28)18-5-7-22(20(25)9-18)31-13-16(10-23)32-15(2)26/h4-9,14,16H,10-13H2,1-3H3/t14-,16+/m1/s1. The van der Waals surface area contributed by atoms with Crippen LogP contribution < -0.4 is 9.47 Å². The highest BCUT2D eigenvalue weighted by Crippen LogP contribution is 2.33. The van der Waals surface area contributed by atoms with Crippen molar-refractivity contribution in [2.24, 2.45) is 5.92 Å². The molecule has 2 rings (SSSR count). The Bertz CT molecular complexity index is 1060. The average molecular weight is 540 g/mol. The molecule has 11 heteroatoms. The maximum absolute atomic E-state index is 13.1. The Morgan fingerprint density at radius 3 is 1.88 bits per heavy atom. The number of hydrogen-bond acceptors (Lipinski definition) is 7. The third kappa shape index (κ3) is 7.93.